The zero-order chi connectivity index (χ0) is 13.0. The van der Waals surface area contributed by atoms with E-state index in [4.69, 9.17) is 39.5 Å². The third-order valence-corrected chi connectivity index (χ3v) is 4.13. The molecule has 1 aromatic rings. The number of hydrogen-bond acceptors (Lipinski definition) is 2. The first-order chi connectivity index (χ1) is 8.66. The normalized spacial score (nSPS) is 19.8. The van der Waals surface area contributed by atoms with Crippen LogP contribution in [0.2, 0.25) is 15.1 Å². The van der Waals surface area contributed by atoms with E-state index < -0.39 is 0 Å². The van der Waals surface area contributed by atoms with Crippen LogP contribution in [-0.2, 0) is 0 Å². The lowest BCUT2D eigenvalue weighted by Gasteiger charge is -2.23. The molecule has 1 aliphatic rings. The van der Waals surface area contributed by atoms with E-state index in [0.29, 0.717) is 33.5 Å². The number of benzene rings is 1. The molecule has 1 N–H and O–H groups in total. The Morgan fingerprint density at radius 1 is 1.11 bits per heavy atom. The van der Waals surface area contributed by atoms with Gasteiger partial charge in [-0.25, -0.2) is 0 Å². The molecule has 1 saturated heterocycles. The molecule has 2 rings (SSSR count). The average Bonchev–Trinajstić information content (AvgIpc) is 2.37. The summed E-state index contributed by atoms with van der Waals surface area (Å²) in [7, 11) is 0. The van der Waals surface area contributed by atoms with Crippen molar-refractivity contribution in [3.8, 4) is 5.75 Å². The highest BCUT2D eigenvalue weighted by atomic mass is 35.5. The summed E-state index contributed by atoms with van der Waals surface area (Å²) >= 11 is 17.8. The van der Waals surface area contributed by atoms with Crippen LogP contribution in [0.25, 0.3) is 0 Å². The minimum Gasteiger partial charge on any atom is -0.492 e. The summed E-state index contributed by atoms with van der Waals surface area (Å²) in [6.45, 7) is 1.74. The number of nitrogens with one attached hydrogen (secondary N) is 1. The summed E-state index contributed by atoms with van der Waals surface area (Å²) in [5.74, 6) is 0.599. The highest BCUT2D eigenvalue weighted by Gasteiger charge is 2.13. The summed E-state index contributed by atoms with van der Waals surface area (Å²) in [5.41, 5.74) is 0. The maximum Gasteiger partial charge on any atom is 0.139 e. The standard InChI is InChI=1S/C13H16Cl3NO/c14-10-7-12(16)13(8-11(10)15)18-6-4-9-3-1-2-5-17-9/h7-9,17H,1-6H2. The Labute approximate surface area is 123 Å². The molecule has 1 heterocycles. The van der Waals surface area contributed by atoms with Crippen LogP contribution in [0.4, 0.5) is 0 Å². The van der Waals surface area contributed by atoms with E-state index in [1.807, 2.05) is 0 Å². The fourth-order valence-electron chi connectivity index (χ4n) is 2.10. The van der Waals surface area contributed by atoms with E-state index in [1.54, 1.807) is 12.1 Å². The van der Waals surface area contributed by atoms with E-state index in [0.717, 1.165) is 13.0 Å². The first kappa shape index (κ1) is 14.3. The van der Waals surface area contributed by atoms with Crippen LogP contribution in [0, 0.1) is 0 Å². The molecule has 0 saturated carbocycles. The molecule has 1 atom stereocenters. The maximum atomic E-state index is 6.04. The van der Waals surface area contributed by atoms with Gasteiger partial charge >= 0.3 is 0 Å². The minimum absolute atomic E-state index is 0.447. The molecule has 0 aliphatic carbocycles. The molecule has 0 spiro atoms. The van der Waals surface area contributed by atoms with E-state index in [9.17, 15) is 0 Å². The Morgan fingerprint density at radius 3 is 2.61 bits per heavy atom. The van der Waals surface area contributed by atoms with Gasteiger partial charge in [0.05, 0.1) is 21.7 Å². The van der Waals surface area contributed by atoms with Crippen molar-refractivity contribution >= 4 is 34.8 Å². The zero-order valence-electron chi connectivity index (χ0n) is 10.0. The van der Waals surface area contributed by atoms with Gasteiger partial charge in [0.1, 0.15) is 5.75 Å². The van der Waals surface area contributed by atoms with E-state index in [2.05, 4.69) is 5.32 Å². The average molecular weight is 309 g/mol. The molecule has 0 amide bonds. The van der Waals surface area contributed by atoms with Gasteiger partial charge in [-0.15, -0.1) is 0 Å². The van der Waals surface area contributed by atoms with Crippen LogP contribution in [0.1, 0.15) is 25.7 Å². The minimum atomic E-state index is 0.447. The molecule has 1 aromatic carbocycles. The second-order valence-electron chi connectivity index (χ2n) is 4.48. The van der Waals surface area contributed by atoms with Gasteiger partial charge in [0.25, 0.3) is 0 Å². The molecule has 1 fully saturated rings. The molecule has 1 aliphatic heterocycles. The van der Waals surface area contributed by atoms with Gasteiger partial charge in [-0.2, -0.15) is 0 Å². The lowest BCUT2D eigenvalue weighted by Crippen LogP contribution is -2.35. The van der Waals surface area contributed by atoms with Crippen molar-refractivity contribution in [2.75, 3.05) is 13.2 Å². The summed E-state index contributed by atoms with van der Waals surface area (Å²) in [6.07, 6.45) is 4.77. The Balaban J connectivity index is 1.84. The van der Waals surface area contributed by atoms with Crippen molar-refractivity contribution in [3.63, 3.8) is 0 Å². The van der Waals surface area contributed by atoms with Crippen LogP contribution in [0.5, 0.6) is 5.75 Å². The molecule has 1 unspecified atom stereocenters. The van der Waals surface area contributed by atoms with Gasteiger partial charge in [-0.3, -0.25) is 0 Å². The van der Waals surface area contributed by atoms with Crippen molar-refractivity contribution in [2.45, 2.75) is 31.7 Å². The number of rotatable bonds is 4. The lowest BCUT2D eigenvalue weighted by molar-refractivity contribution is 0.268. The van der Waals surface area contributed by atoms with Gasteiger partial charge in [0.15, 0.2) is 0 Å². The summed E-state index contributed by atoms with van der Waals surface area (Å²) in [6, 6.07) is 3.83. The van der Waals surface area contributed by atoms with E-state index in [-0.39, 0.29) is 0 Å². The van der Waals surface area contributed by atoms with Crippen LogP contribution >= 0.6 is 34.8 Å². The van der Waals surface area contributed by atoms with Crippen molar-refractivity contribution in [1.82, 2.24) is 5.32 Å². The first-order valence-corrected chi connectivity index (χ1v) is 7.31. The Morgan fingerprint density at radius 2 is 1.89 bits per heavy atom. The third kappa shape index (κ3) is 3.92. The largest absolute Gasteiger partial charge is 0.492 e. The van der Waals surface area contributed by atoms with Crippen molar-refractivity contribution in [2.24, 2.45) is 0 Å². The smallest absolute Gasteiger partial charge is 0.139 e. The highest BCUT2D eigenvalue weighted by Crippen LogP contribution is 2.33. The Hall–Kier alpha value is -0.150. The monoisotopic (exact) mass is 307 g/mol. The predicted octanol–water partition coefficient (Wildman–Crippen LogP) is 4.56. The van der Waals surface area contributed by atoms with Crippen LogP contribution in [0.3, 0.4) is 0 Å². The topological polar surface area (TPSA) is 21.3 Å². The van der Waals surface area contributed by atoms with Gasteiger partial charge in [-0.1, -0.05) is 41.2 Å². The Bertz CT molecular complexity index is 405. The fraction of sp³-hybridized carbons (Fsp3) is 0.538. The van der Waals surface area contributed by atoms with Gasteiger partial charge in [-0.05, 0) is 31.9 Å². The second kappa shape index (κ2) is 6.85. The van der Waals surface area contributed by atoms with Crippen LogP contribution in [-0.4, -0.2) is 19.2 Å². The van der Waals surface area contributed by atoms with Crippen molar-refractivity contribution < 1.29 is 4.74 Å². The number of hydrogen-bond donors (Lipinski definition) is 1. The van der Waals surface area contributed by atoms with Crippen LogP contribution < -0.4 is 10.1 Å². The molecular formula is C13H16Cl3NO. The first-order valence-electron chi connectivity index (χ1n) is 6.17. The third-order valence-electron chi connectivity index (χ3n) is 3.11. The fourth-order valence-corrected chi connectivity index (χ4v) is 2.69. The Kier molecular flexibility index (Phi) is 5.43. The summed E-state index contributed by atoms with van der Waals surface area (Å²) < 4.78 is 5.66. The number of ether oxygens (including phenoxy) is 1. The quantitative estimate of drug-likeness (QED) is 0.823. The van der Waals surface area contributed by atoms with Gasteiger partial charge in [0.2, 0.25) is 0 Å². The molecule has 100 valence electrons. The summed E-state index contributed by atoms with van der Waals surface area (Å²) in [4.78, 5) is 0. The predicted molar refractivity (Wildman–Crippen MR) is 77.2 cm³/mol. The molecule has 18 heavy (non-hydrogen) atoms. The summed E-state index contributed by atoms with van der Waals surface area (Å²) in [5, 5.41) is 4.89. The molecule has 0 radical (unpaired) electrons. The number of piperidine rings is 1. The zero-order valence-corrected chi connectivity index (χ0v) is 12.3. The van der Waals surface area contributed by atoms with Crippen molar-refractivity contribution in [3.05, 3.63) is 27.2 Å². The van der Waals surface area contributed by atoms with Gasteiger partial charge in [0, 0.05) is 12.1 Å². The van der Waals surface area contributed by atoms with Crippen molar-refractivity contribution in [1.29, 1.82) is 0 Å². The second-order valence-corrected chi connectivity index (χ2v) is 5.70. The van der Waals surface area contributed by atoms with E-state index in [1.165, 1.54) is 19.3 Å². The SMILES string of the molecule is Clc1cc(Cl)c(OCCC2CCCCN2)cc1Cl. The van der Waals surface area contributed by atoms with E-state index >= 15 is 0 Å². The van der Waals surface area contributed by atoms with Crippen LogP contribution in [0.15, 0.2) is 12.1 Å². The maximum absolute atomic E-state index is 6.04. The molecule has 2 nitrogen and oxygen atoms in total. The highest BCUT2D eigenvalue weighted by molar-refractivity contribution is 6.43. The molecule has 5 heteroatoms. The molecule has 0 aromatic heterocycles. The lowest BCUT2D eigenvalue weighted by atomic mass is 10.0. The van der Waals surface area contributed by atoms with Gasteiger partial charge < -0.3 is 10.1 Å². The molecule has 0 bridgehead atoms. The molecular weight excluding hydrogens is 293 g/mol. The number of halogens is 3.